The van der Waals surface area contributed by atoms with Crippen LogP contribution in [0.4, 0.5) is 4.39 Å². The van der Waals surface area contributed by atoms with Crippen molar-refractivity contribution in [3.8, 4) is 22.8 Å². The standard InChI is InChI=1S/C34H31Cl2FN4O5/c1-16-10-17-11-18(12-24(46-20-8-9-20)27(17)41-30(16)36)31(42)39-14-34(44,19-6-7-19)25-13-22-29(45-15-33(22,2)32(38)43)28(40-25)21-4-3-5-23(37)26(21)35/h3-5,10-13,19-20,44H,6-9,14-15H2,1-2H3,(H2,38,43)(H,39,42)/t33-,34?/m0/s1. The molecule has 2 aliphatic carbocycles. The predicted octanol–water partition coefficient (Wildman–Crippen LogP) is 5.76. The van der Waals surface area contributed by atoms with E-state index in [-0.39, 0.29) is 52.9 Å². The summed E-state index contributed by atoms with van der Waals surface area (Å²) in [6.07, 6.45) is 3.27. The number of hydrogen-bond donors (Lipinski definition) is 3. The predicted molar refractivity (Wildman–Crippen MR) is 171 cm³/mol. The summed E-state index contributed by atoms with van der Waals surface area (Å²) in [5.41, 5.74) is 5.59. The number of hydrogen-bond acceptors (Lipinski definition) is 7. The number of fused-ring (bicyclic) bond motifs is 2. The number of carbonyl (C=O) groups excluding carboxylic acids is 2. The highest BCUT2D eigenvalue weighted by atomic mass is 35.5. The number of aryl methyl sites for hydroxylation is 1. The minimum Gasteiger partial charge on any atom is -0.489 e. The molecule has 46 heavy (non-hydrogen) atoms. The van der Waals surface area contributed by atoms with Gasteiger partial charge in [0.2, 0.25) is 5.91 Å². The summed E-state index contributed by atoms with van der Waals surface area (Å²) in [5, 5.41) is 16.1. The first kappa shape index (κ1) is 30.7. The summed E-state index contributed by atoms with van der Waals surface area (Å²) in [5.74, 6) is -1.26. The molecule has 9 nitrogen and oxygen atoms in total. The Hall–Kier alpha value is -3.99. The fraction of sp³-hybridized carbons (Fsp3) is 0.353. The maximum absolute atomic E-state index is 14.6. The zero-order valence-corrected chi connectivity index (χ0v) is 26.6. The molecule has 0 bridgehead atoms. The topological polar surface area (TPSA) is 137 Å². The number of carbonyl (C=O) groups is 2. The van der Waals surface area contributed by atoms with E-state index in [2.05, 4.69) is 10.3 Å². The van der Waals surface area contributed by atoms with Gasteiger partial charge in [-0.15, -0.1) is 0 Å². The normalized spacial score (nSPS) is 20.1. The molecule has 238 valence electrons. The largest absolute Gasteiger partial charge is 0.489 e. The number of aromatic nitrogens is 2. The first-order chi connectivity index (χ1) is 21.9. The number of halogens is 3. The van der Waals surface area contributed by atoms with Gasteiger partial charge in [-0.05, 0) is 81.3 Å². The molecule has 2 fully saturated rings. The van der Waals surface area contributed by atoms with Gasteiger partial charge in [0, 0.05) is 22.1 Å². The molecule has 4 aromatic rings. The minimum absolute atomic E-state index is 0.0603. The van der Waals surface area contributed by atoms with Crippen molar-refractivity contribution in [2.45, 2.75) is 56.7 Å². The van der Waals surface area contributed by atoms with Crippen molar-refractivity contribution in [1.82, 2.24) is 15.3 Å². The van der Waals surface area contributed by atoms with E-state index in [0.29, 0.717) is 45.8 Å². The van der Waals surface area contributed by atoms with Crippen molar-refractivity contribution in [3.05, 3.63) is 80.8 Å². The lowest BCUT2D eigenvalue weighted by Crippen LogP contribution is -2.44. The van der Waals surface area contributed by atoms with Crippen LogP contribution in [-0.4, -0.2) is 46.1 Å². The fourth-order valence-corrected chi connectivity index (χ4v) is 6.28. The van der Waals surface area contributed by atoms with Gasteiger partial charge in [0.15, 0.2) is 0 Å². The lowest BCUT2D eigenvalue weighted by atomic mass is 9.81. The summed E-state index contributed by atoms with van der Waals surface area (Å²) in [6, 6.07) is 11.1. The maximum Gasteiger partial charge on any atom is 0.251 e. The van der Waals surface area contributed by atoms with Gasteiger partial charge in [0.25, 0.3) is 5.91 Å². The molecular formula is C34H31Cl2FN4O5. The highest BCUT2D eigenvalue weighted by Gasteiger charge is 2.50. The van der Waals surface area contributed by atoms with E-state index >= 15 is 0 Å². The third kappa shape index (κ3) is 5.22. The second-order valence-corrected chi connectivity index (χ2v) is 13.4. The summed E-state index contributed by atoms with van der Waals surface area (Å²) in [4.78, 5) is 35.6. The van der Waals surface area contributed by atoms with Crippen LogP contribution in [-0.2, 0) is 15.8 Å². The van der Waals surface area contributed by atoms with Gasteiger partial charge in [-0.1, -0.05) is 35.3 Å². The SMILES string of the molecule is Cc1cc2cc(C(=O)NCC(O)(c3cc4c(c(-c5cccc(F)c5Cl)n3)OC[C@]4(C)C(N)=O)C3CC3)cc(OC3CC3)c2nc1Cl. The number of nitrogens with two attached hydrogens (primary N) is 1. The number of primary amides is 1. The van der Waals surface area contributed by atoms with Crippen molar-refractivity contribution in [3.63, 3.8) is 0 Å². The van der Waals surface area contributed by atoms with Crippen LogP contribution in [0.25, 0.3) is 22.2 Å². The highest BCUT2D eigenvalue weighted by Crippen LogP contribution is 2.50. The van der Waals surface area contributed by atoms with E-state index in [4.69, 9.17) is 43.4 Å². The van der Waals surface area contributed by atoms with Crippen LogP contribution in [0.2, 0.25) is 10.2 Å². The van der Waals surface area contributed by atoms with Crippen LogP contribution in [0.5, 0.6) is 11.5 Å². The van der Waals surface area contributed by atoms with Gasteiger partial charge >= 0.3 is 0 Å². The van der Waals surface area contributed by atoms with Gasteiger partial charge in [-0.2, -0.15) is 0 Å². The summed E-state index contributed by atoms with van der Waals surface area (Å²) < 4.78 is 26.6. The molecule has 3 heterocycles. The average molecular weight is 666 g/mol. The minimum atomic E-state index is -1.64. The van der Waals surface area contributed by atoms with Gasteiger partial charge in [0.1, 0.15) is 51.3 Å². The van der Waals surface area contributed by atoms with Crippen LogP contribution in [0.15, 0.2) is 42.5 Å². The number of amides is 2. The zero-order valence-electron chi connectivity index (χ0n) is 25.1. The lowest BCUT2D eigenvalue weighted by molar-refractivity contribution is -0.123. The number of nitrogens with one attached hydrogen (secondary N) is 1. The number of benzene rings is 2. The Bertz CT molecular complexity index is 1950. The van der Waals surface area contributed by atoms with E-state index in [1.165, 1.54) is 12.1 Å². The highest BCUT2D eigenvalue weighted by molar-refractivity contribution is 6.33. The third-order valence-electron chi connectivity index (χ3n) is 9.13. The second-order valence-electron chi connectivity index (χ2n) is 12.7. The molecule has 0 saturated heterocycles. The van der Waals surface area contributed by atoms with E-state index in [0.717, 1.165) is 18.4 Å². The van der Waals surface area contributed by atoms with Crippen LogP contribution in [0.3, 0.4) is 0 Å². The van der Waals surface area contributed by atoms with Gasteiger partial charge < -0.3 is 25.6 Å². The Balaban J connectivity index is 1.27. The van der Waals surface area contributed by atoms with Crippen LogP contribution < -0.4 is 20.5 Å². The molecule has 1 unspecified atom stereocenters. The maximum atomic E-state index is 14.6. The molecule has 4 N–H and O–H groups in total. The number of pyridine rings is 2. The van der Waals surface area contributed by atoms with E-state index < -0.39 is 28.6 Å². The molecule has 7 rings (SSSR count). The first-order valence-electron chi connectivity index (χ1n) is 15.1. The second kappa shape index (κ2) is 11.1. The van der Waals surface area contributed by atoms with Crippen LogP contribution in [0.1, 0.15) is 59.8 Å². The van der Waals surface area contributed by atoms with E-state index in [1.54, 1.807) is 31.2 Å². The lowest BCUT2D eigenvalue weighted by Gasteiger charge is -2.30. The molecule has 2 aromatic heterocycles. The number of aliphatic hydroxyl groups is 1. The Labute approximate surface area is 274 Å². The third-order valence-corrected chi connectivity index (χ3v) is 9.90. The van der Waals surface area contributed by atoms with Crippen molar-refractivity contribution in [1.29, 1.82) is 0 Å². The smallest absolute Gasteiger partial charge is 0.251 e. The molecule has 0 spiro atoms. The molecular weight excluding hydrogens is 634 g/mol. The number of nitrogens with zero attached hydrogens (tertiary/aromatic N) is 2. The first-order valence-corrected chi connectivity index (χ1v) is 15.9. The van der Waals surface area contributed by atoms with E-state index in [9.17, 15) is 19.1 Å². The average Bonchev–Trinajstić information content (AvgIpc) is 3.97. The van der Waals surface area contributed by atoms with Gasteiger partial charge in [-0.3, -0.25) is 9.59 Å². The van der Waals surface area contributed by atoms with Gasteiger partial charge in [-0.25, -0.2) is 14.4 Å². The summed E-state index contributed by atoms with van der Waals surface area (Å²) >= 11 is 12.7. The summed E-state index contributed by atoms with van der Waals surface area (Å²) in [7, 11) is 0. The number of rotatable bonds is 9. The molecule has 0 radical (unpaired) electrons. The molecule has 12 heteroatoms. The van der Waals surface area contributed by atoms with Crippen molar-refractivity contribution in [2.24, 2.45) is 11.7 Å². The van der Waals surface area contributed by atoms with Crippen molar-refractivity contribution < 1.29 is 28.6 Å². The summed E-state index contributed by atoms with van der Waals surface area (Å²) in [6.45, 7) is 3.22. The Morgan fingerprint density at radius 2 is 1.93 bits per heavy atom. The molecule has 2 amide bonds. The fourth-order valence-electron chi connectivity index (χ4n) is 5.93. The molecule has 1 aliphatic heterocycles. The Morgan fingerprint density at radius 3 is 2.63 bits per heavy atom. The quantitative estimate of drug-likeness (QED) is 0.194. The van der Waals surface area contributed by atoms with Gasteiger partial charge in [0.05, 0.1) is 23.4 Å². The molecule has 2 saturated carbocycles. The van der Waals surface area contributed by atoms with Crippen LogP contribution >= 0.6 is 23.2 Å². The van der Waals surface area contributed by atoms with E-state index in [1.807, 2.05) is 13.0 Å². The zero-order chi connectivity index (χ0) is 32.5. The van der Waals surface area contributed by atoms with Crippen molar-refractivity contribution in [2.75, 3.05) is 13.2 Å². The Morgan fingerprint density at radius 1 is 1.17 bits per heavy atom. The Kier molecular flexibility index (Phi) is 7.38. The van der Waals surface area contributed by atoms with Crippen LogP contribution in [0, 0.1) is 18.7 Å². The van der Waals surface area contributed by atoms with Crippen molar-refractivity contribution >= 4 is 45.9 Å². The molecule has 3 aliphatic rings. The monoisotopic (exact) mass is 664 g/mol. The number of ether oxygens (including phenoxy) is 2. The molecule has 2 aromatic carbocycles. The molecule has 2 atom stereocenters.